The lowest BCUT2D eigenvalue weighted by Gasteiger charge is -2.34. The summed E-state index contributed by atoms with van der Waals surface area (Å²) in [5.41, 5.74) is -0.137. The molecule has 1 saturated carbocycles. The van der Waals surface area contributed by atoms with E-state index in [1.807, 2.05) is 0 Å². The van der Waals surface area contributed by atoms with Crippen molar-refractivity contribution in [1.82, 2.24) is 9.29 Å². The molecule has 0 radical (unpaired) electrons. The molecule has 1 aliphatic carbocycles. The fourth-order valence-corrected chi connectivity index (χ4v) is 7.42. The highest BCUT2D eigenvalue weighted by Crippen LogP contribution is 2.42. The van der Waals surface area contributed by atoms with Gasteiger partial charge in [-0.15, -0.1) is 0 Å². The van der Waals surface area contributed by atoms with Gasteiger partial charge in [0.2, 0.25) is 15.9 Å². The van der Waals surface area contributed by atoms with Crippen LogP contribution in [0.4, 0.5) is 5.69 Å². The molecule has 2 aliphatic rings. The molecule has 38 heavy (non-hydrogen) atoms. The minimum absolute atomic E-state index is 0.0699. The summed E-state index contributed by atoms with van der Waals surface area (Å²) in [6, 6.07) is 8.82. The molecule has 0 saturated heterocycles. The van der Waals surface area contributed by atoms with Gasteiger partial charge >= 0.3 is 0 Å². The molecule has 1 unspecified atom stereocenters. The predicted molar refractivity (Wildman–Crippen MR) is 141 cm³/mol. The number of sulfonamides is 1. The largest absolute Gasteiger partial charge is 0.377 e. The van der Waals surface area contributed by atoms with Gasteiger partial charge in [-0.2, -0.15) is 0 Å². The number of nitrogens with one attached hydrogen (secondary N) is 1. The lowest BCUT2D eigenvalue weighted by molar-refractivity contribution is -0.117. The topological polar surface area (TPSA) is 140 Å². The number of nitrogens with zero attached hydrogens (tertiary/aromatic N) is 2. The van der Waals surface area contributed by atoms with Gasteiger partial charge in [-0.1, -0.05) is 17.7 Å². The fraction of sp³-hybridized carbons (Fsp3) is 0.320. The number of carbonyl (C=O) groups is 2. The van der Waals surface area contributed by atoms with Gasteiger partial charge in [0.05, 0.1) is 40.6 Å². The Morgan fingerprint density at radius 3 is 2.55 bits per heavy atom. The summed E-state index contributed by atoms with van der Waals surface area (Å²) in [6.07, 6.45) is 5.12. The summed E-state index contributed by atoms with van der Waals surface area (Å²) < 4.78 is 56.6. The molecule has 2 aromatic carbocycles. The monoisotopic (exact) mass is 577 g/mol. The number of fused-ring (bicyclic) bond motifs is 2. The van der Waals surface area contributed by atoms with Gasteiger partial charge in [0.25, 0.3) is 5.91 Å². The van der Waals surface area contributed by atoms with Gasteiger partial charge in [0, 0.05) is 40.9 Å². The smallest absolute Gasteiger partial charge is 0.267 e. The van der Waals surface area contributed by atoms with Crippen LogP contribution < -0.4 is 5.32 Å². The van der Waals surface area contributed by atoms with E-state index >= 15 is 0 Å². The van der Waals surface area contributed by atoms with E-state index in [1.54, 1.807) is 6.07 Å². The maximum atomic E-state index is 13.6. The first-order chi connectivity index (χ1) is 17.8. The Hall–Kier alpha value is -3.06. The van der Waals surface area contributed by atoms with Gasteiger partial charge in [-0.3, -0.25) is 14.6 Å². The first kappa shape index (κ1) is 26.5. The van der Waals surface area contributed by atoms with Crippen LogP contribution in [0.5, 0.6) is 0 Å². The van der Waals surface area contributed by atoms with Crippen molar-refractivity contribution >= 4 is 59.7 Å². The third-order valence-electron chi connectivity index (χ3n) is 6.95. The Morgan fingerprint density at radius 1 is 1.16 bits per heavy atom. The van der Waals surface area contributed by atoms with E-state index in [0.29, 0.717) is 39.9 Å². The molecule has 1 aliphatic heterocycles. The standard InChI is InChI=1S/C25H24ClN3O7S2/c1-36-25(7-8-25)14-38(34,35)29-13-21(20-10-16(26)3-5-19(20)24(29)31)23(30)28-22-12-27-11-15-9-17(37(2,32)33)4-6-18(15)22/h3-6,9-12,21H,7-8,13-14H2,1-2H3,(H,28,30). The lowest BCUT2D eigenvalue weighted by Crippen LogP contribution is -2.49. The van der Waals surface area contributed by atoms with Crippen molar-refractivity contribution < 1.29 is 31.2 Å². The first-order valence-electron chi connectivity index (χ1n) is 11.6. The van der Waals surface area contributed by atoms with Gasteiger partial charge in [0.15, 0.2) is 9.84 Å². The van der Waals surface area contributed by atoms with Crippen molar-refractivity contribution in [2.24, 2.45) is 0 Å². The summed E-state index contributed by atoms with van der Waals surface area (Å²) in [7, 11) is -6.12. The molecule has 1 N–H and O–H groups in total. The normalized spacial score (nSPS) is 18.8. The average molecular weight is 578 g/mol. The number of aromatic nitrogens is 1. The summed E-state index contributed by atoms with van der Waals surface area (Å²) in [5.74, 6) is -2.72. The number of benzene rings is 2. The number of methoxy groups -OCH3 is 1. The molecule has 1 fully saturated rings. The molecule has 13 heteroatoms. The van der Waals surface area contributed by atoms with Crippen molar-refractivity contribution in [3.05, 3.63) is 64.9 Å². The zero-order chi connectivity index (χ0) is 27.5. The molecule has 0 bridgehead atoms. The van der Waals surface area contributed by atoms with E-state index in [9.17, 15) is 26.4 Å². The molecular formula is C25H24ClN3O7S2. The van der Waals surface area contributed by atoms with E-state index in [-0.39, 0.29) is 16.2 Å². The molecule has 0 spiro atoms. The van der Waals surface area contributed by atoms with Crippen LogP contribution in [0.25, 0.3) is 10.8 Å². The zero-order valence-electron chi connectivity index (χ0n) is 20.5. The van der Waals surface area contributed by atoms with Crippen molar-refractivity contribution in [1.29, 1.82) is 0 Å². The second-order valence-electron chi connectivity index (χ2n) is 9.60. The van der Waals surface area contributed by atoms with Crippen molar-refractivity contribution in [2.75, 3.05) is 31.0 Å². The Labute approximate surface area is 224 Å². The predicted octanol–water partition coefficient (Wildman–Crippen LogP) is 2.98. The number of ether oxygens (including phenoxy) is 1. The Morgan fingerprint density at radius 2 is 1.89 bits per heavy atom. The number of hydrogen-bond acceptors (Lipinski definition) is 8. The number of pyridine rings is 1. The van der Waals surface area contributed by atoms with Crippen LogP contribution in [-0.2, 0) is 29.4 Å². The Kier molecular flexibility index (Phi) is 6.49. The van der Waals surface area contributed by atoms with Crippen molar-refractivity contribution in [3.8, 4) is 0 Å². The van der Waals surface area contributed by atoms with E-state index in [2.05, 4.69) is 10.3 Å². The van der Waals surface area contributed by atoms with Crippen LogP contribution in [0.1, 0.15) is 34.7 Å². The zero-order valence-corrected chi connectivity index (χ0v) is 22.9. The minimum atomic E-state index is -4.11. The van der Waals surface area contributed by atoms with E-state index in [4.69, 9.17) is 16.3 Å². The Bertz CT molecular complexity index is 1700. The number of anilines is 1. The van der Waals surface area contributed by atoms with Gasteiger partial charge < -0.3 is 10.1 Å². The van der Waals surface area contributed by atoms with Crippen LogP contribution in [-0.4, -0.2) is 69.2 Å². The summed E-state index contributed by atoms with van der Waals surface area (Å²) >= 11 is 6.17. The maximum Gasteiger partial charge on any atom is 0.267 e. The van der Waals surface area contributed by atoms with Crippen LogP contribution in [0, 0.1) is 0 Å². The maximum absolute atomic E-state index is 13.6. The molecule has 200 valence electrons. The third kappa shape index (κ3) is 4.89. The van der Waals surface area contributed by atoms with E-state index < -0.39 is 49.7 Å². The highest BCUT2D eigenvalue weighted by molar-refractivity contribution is 7.90. The number of amides is 2. The molecule has 1 atom stereocenters. The summed E-state index contributed by atoms with van der Waals surface area (Å²) in [5, 5.41) is 4.11. The van der Waals surface area contributed by atoms with Crippen molar-refractivity contribution in [2.45, 2.75) is 29.3 Å². The first-order valence-corrected chi connectivity index (χ1v) is 15.5. The number of halogens is 1. The number of carbonyl (C=O) groups excluding carboxylic acids is 2. The highest BCUT2D eigenvalue weighted by Gasteiger charge is 2.50. The fourth-order valence-electron chi connectivity index (χ4n) is 4.62. The molecule has 2 heterocycles. The molecule has 3 aromatic rings. The number of sulfone groups is 1. The summed E-state index contributed by atoms with van der Waals surface area (Å²) in [4.78, 5) is 31.1. The van der Waals surface area contributed by atoms with Crippen LogP contribution >= 0.6 is 11.6 Å². The molecular weight excluding hydrogens is 554 g/mol. The lowest BCUT2D eigenvalue weighted by atomic mass is 9.89. The summed E-state index contributed by atoms with van der Waals surface area (Å²) in [6.45, 7) is -0.406. The molecule has 1 aromatic heterocycles. The second-order valence-corrected chi connectivity index (χ2v) is 13.9. The third-order valence-corrected chi connectivity index (χ3v) is 10.2. The number of hydrogen-bond donors (Lipinski definition) is 1. The van der Waals surface area contributed by atoms with Crippen LogP contribution in [0.15, 0.2) is 53.7 Å². The minimum Gasteiger partial charge on any atom is -0.377 e. The quantitative estimate of drug-likeness (QED) is 0.452. The molecule has 10 nitrogen and oxygen atoms in total. The molecule has 2 amide bonds. The number of rotatable bonds is 7. The van der Waals surface area contributed by atoms with Gasteiger partial charge in [-0.05, 0) is 48.7 Å². The SMILES string of the molecule is COC1(CS(=O)(=O)N2CC(C(=O)Nc3cncc4cc(S(C)(=O)=O)ccc34)c3cc(Cl)ccc3C2=O)CC1. The second kappa shape index (κ2) is 9.30. The van der Waals surface area contributed by atoms with E-state index in [0.717, 1.165) is 10.6 Å². The van der Waals surface area contributed by atoms with Crippen LogP contribution in [0.2, 0.25) is 5.02 Å². The Balaban J connectivity index is 1.51. The van der Waals surface area contributed by atoms with Gasteiger partial charge in [-0.25, -0.2) is 21.1 Å². The van der Waals surface area contributed by atoms with Gasteiger partial charge in [0.1, 0.15) is 0 Å². The molecule has 5 rings (SSSR count). The van der Waals surface area contributed by atoms with Crippen molar-refractivity contribution in [3.63, 3.8) is 0 Å². The van der Waals surface area contributed by atoms with Crippen LogP contribution in [0.3, 0.4) is 0 Å². The average Bonchev–Trinajstić information content (AvgIpc) is 3.62. The highest BCUT2D eigenvalue weighted by atomic mass is 35.5. The van der Waals surface area contributed by atoms with E-state index in [1.165, 1.54) is 49.8 Å².